The Morgan fingerprint density at radius 2 is 1.89 bits per heavy atom. The van der Waals surface area contributed by atoms with Crippen LogP contribution in [0.5, 0.6) is 0 Å². The van der Waals surface area contributed by atoms with Gasteiger partial charge < -0.3 is 9.47 Å². The van der Waals surface area contributed by atoms with Gasteiger partial charge in [0.05, 0.1) is 0 Å². The standard InChI is InChI=1S/C24H32O4/c1-15(25)27-17-6-10-22(2)16(14-17)4-5-18-19(22)7-11-23(3)20(18)8-12-24(23)13-9-21(26)28-24/h4-5,14,17-20H,6-13H2,1-3H3/t17-,18+,19-,20-,22-,23-,24+/m0/s1. The first-order valence-electron chi connectivity index (χ1n) is 11.1. The Kier molecular flexibility index (Phi) is 3.93. The zero-order valence-electron chi connectivity index (χ0n) is 17.3. The summed E-state index contributed by atoms with van der Waals surface area (Å²) in [5.74, 6) is 1.60. The molecular weight excluding hydrogens is 352 g/mol. The topological polar surface area (TPSA) is 52.6 Å². The molecule has 0 amide bonds. The smallest absolute Gasteiger partial charge is 0.306 e. The van der Waals surface area contributed by atoms with E-state index >= 15 is 0 Å². The van der Waals surface area contributed by atoms with Gasteiger partial charge in [-0.05, 0) is 79.8 Å². The van der Waals surface area contributed by atoms with Crippen LogP contribution >= 0.6 is 0 Å². The number of esters is 2. The number of rotatable bonds is 1. The minimum atomic E-state index is -0.211. The Labute approximate surface area is 167 Å². The minimum absolute atomic E-state index is 0.00385. The van der Waals surface area contributed by atoms with E-state index in [1.807, 2.05) is 0 Å². The predicted molar refractivity (Wildman–Crippen MR) is 105 cm³/mol. The Balaban J connectivity index is 1.46. The van der Waals surface area contributed by atoms with E-state index in [1.165, 1.54) is 25.3 Å². The number of carbonyl (C=O) groups excluding carboxylic acids is 2. The van der Waals surface area contributed by atoms with E-state index in [0.29, 0.717) is 24.2 Å². The maximum Gasteiger partial charge on any atom is 0.306 e. The minimum Gasteiger partial charge on any atom is -0.458 e. The van der Waals surface area contributed by atoms with Gasteiger partial charge in [0, 0.05) is 18.8 Å². The second kappa shape index (κ2) is 5.96. The van der Waals surface area contributed by atoms with Crippen LogP contribution in [0.2, 0.25) is 0 Å². The van der Waals surface area contributed by atoms with Gasteiger partial charge in [0.25, 0.3) is 0 Å². The number of ether oxygens (including phenoxy) is 2. The third-order valence-corrected chi connectivity index (χ3v) is 9.27. The highest BCUT2D eigenvalue weighted by Gasteiger charge is 2.66. The van der Waals surface area contributed by atoms with Crippen LogP contribution in [0.25, 0.3) is 0 Å². The van der Waals surface area contributed by atoms with Crippen LogP contribution in [0.3, 0.4) is 0 Å². The average molecular weight is 385 g/mol. The summed E-state index contributed by atoms with van der Waals surface area (Å²) in [6.07, 6.45) is 14.9. The van der Waals surface area contributed by atoms with Gasteiger partial charge in [-0.2, -0.15) is 0 Å². The van der Waals surface area contributed by atoms with Crippen molar-refractivity contribution in [3.05, 3.63) is 23.8 Å². The van der Waals surface area contributed by atoms with Crippen LogP contribution in [0.15, 0.2) is 23.8 Å². The quantitative estimate of drug-likeness (QED) is 0.613. The summed E-state index contributed by atoms with van der Waals surface area (Å²) < 4.78 is 11.5. The number of hydrogen-bond donors (Lipinski definition) is 0. The van der Waals surface area contributed by atoms with Gasteiger partial charge in [0.2, 0.25) is 0 Å². The molecule has 0 unspecified atom stereocenters. The van der Waals surface area contributed by atoms with Crippen molar-refractivity contribution < 1.29 is 19.1 Å². The Hall–Kier alpha value is -1.58. The monoisotopic (exact) mass is 384 g/mol. The van der Waals surface area contributed by atoms with E-state index in [0.717, 1.165) is 32.1 Å². The van der Waals surface area contributed by atoms with E-state index in [1.54, 1.807) is 0 Å². The normalized spacial score (nSPS) is 49.1. The molecule has 0 bridgehead atoms. The van der Waals surface area contributed by atoms with Crippen LogP contribution in [0.1, 0.15) is 72.1 Å². The second-order valence-corrected chi connectivity index (χ2v) is 10.3. The highest BCUT2D eigenvalue weighted by molar-refractivity contribution is 5.72. The molecule has 1 spiro atoms. The number of fused-ring (bicyclic) bond motifs is 6. The third-order valence-electron chi connectivity index (χ3n) is 9.27. The average Bonchev–Trinajstić information content (AvgIpc) is 3.16. The first kappa shape index (κ1) is 18.4. The van der Waals surface area contributed by atoms with Gasteiger partial charge in [0.15, 0.2) is 0 Å². The lowest BCUT2D eigenvalue weighted by atomic mass is 9.48. The molecule has 4 aliphatic carbocycles. The molecule has 152 valence electrons. The summed E-state index contributed by atoms with van der Waals surface area (Å²) in [5.41, 5.74) is 1.42. The molecule has 5 aliphatic rings. The summed E-state index contributed by atoms with van der Waals surface area (Å²) in [7, 11) is 0. The number of allylic oxidation sites excluding steroid dienone is 3. The molecule has 28 heavy (non-hydrogen) atoms. The molecule has 1 aliphatic heterocycles. The van der Waals surface area contributed by atoms with Crippen LogP contribution in [0, 0.1) is 28.6 Å². The van der Waals surface area contributed by atoms with Gasteiger partial charge in [-0.15, -0.1) is 0 Å². The zero-order chi connectivity index (χ0) is 19.7. The van der Waals surface area contributed by atoms with E-state index in [9.17, 15) is 9.59 Å². The molecule has 0 radical (unpaired) electrons. The summed E-state index contributed by atoms with van der Waals surface area (Å²) in [6, 6.07) is 0. The Morgan fingerprint density at radius 1 is 1.11 bits per heavy atom. The van der Waals surface area contributed by atoms with Crippen molar-refractivity contribution in [2.45, 2.75) is 83.8 Å². The Bertz CT molecular complexity index is 781. The molecular formula is C24H32O4. The molecule has 5 rings (SSSR count). The molecule has 0 aromatic heterocycles. The van der Waals surface area contributed by atoms with E-state index < -0.39 is 0 Å². The van der Waals surface area contributed by atoms with Gasteiger partial charge in [-0.3, -0.25) is 9.59 Å². The lowest BCUT2D eigenvalue weighted by molar-refractivity contribution is -0.165. The fourth-order valence-electron chi connectivity index (χ4n) is 7.73. The van der Waals surface area contributed by atoms with Gasteiger partial charge >= 0.3 is 11.9 Å². The maximum atomic E-state index is 12.0. The molecule has 0 aromatic rings. The first-order valence-corrected chi connectivity index (χ1v) is 11.1. The van der Waals surface area contributed by atoms with Crippen molar-refractivity contribution in [1.82, 2.24) is 0 Å². The van der Waals surface area contributed by atoms with Crippen molar-refractivity contribution in [1.29, 1.82) is 0 Å². The van der Waals surface area contributed by atoms with E-state index in [4.69, 9.17) is 9.47 Å². The van der Waals surface area contributed by atoms with Crippen molar-refractivity contribution in [2.24, 2.45) is 28.6 Å². The van der Waals surface area contributed by atoms with Crippen molar-refractivity contribution >= 4 is 11.9 Å². The molecule has 4 nitrogen and oxygen atoms in total. The molecule has 1 heterocycles. The van der Waals surface area contributed by atoms with Gasteiger partial charge in [0.1, 0.15) is 11.7 Å². The van der Waals surface area contributed by atoms with Crippen molar-refractivity contribution in [3.8, 4) is 0 Å². The van der Waals surface area contributed by atoms with Crippen molar-refractivity contribution in [3.63, 3.8) is 0 Å². The van der Waals surface area contributed by atoms with Crippen LogP contribution in [-0.4, -0.2) is 23.6 Å². The van der Waals surface area contributed by atoms with E-state index in [2.05, 4.69) is 32.1 Å². The molecule has 0 N–H and O–H groups in total. The van der Waals surface area contributed by atoms with Crippen LogP contribution in [-0.2, 0) is 19.1 Å². The predicted octanol–water partition coefficient (Wildman–Crippen LogP) is 4.73. The molecule has 2 saturated carbocycles. The van der Waals surface area contributed by atoms with E-state index in [-0.39, 0.29) is 34.5 Å². The molecule has 7 atom stereocenters. The lowest BCUT2D eigenvalue weighted by Crippen LogP contribution is -2.53. The molecule has 1 saturated heterocycles. The maximum absolute atomic E-state index is 12.0. The third kappa shape index (κ3) is 2.35. The molecule has 4 heteroatoms. The van der Waals surface area contributed by atoms with Gasteiger partial charge in [-0.25, -0.2) is 0 Å². The lowest BCUT2D eigenvalue weighted by Gasteiger charge is -2.57. The highest BCUT2D eigenvalue weighted by Crippen LogP contribution is 2.68. The first-order chi connectivity index (χ1) is 13.3. The number of hydrogen-bond acceptors (Lipinski definition) is 4. The summed E-state index contributed by atoms with van der Waals surface area (Å²) >= 11 is 0. The van der Waals surface area contributed by atoms with Crippen LogP contribution < -0.4 is 0 Å². The fourth-order valence-corrected chi connectivity index (χ4v) is 7.73. The summed E-state index contributed by atoms with van der Waals surface area (Å²) in [4.78, 5) is 23.4. The zero-order valence-corrected chi connectivity index (χ0v) is 17.3. The SMILES string of the molecule is CC(=O)O[C@@H]1C=C2C=C[C@@H]3[C@H](CC[C@@]4(C)[C@H]3CC[C@@]43CCC(=O)O3)[C@@]2(C)CC1. The summed E-state index contributed by atoms with van der Waals surface area (Å²) in [5, 5.41) is 0. The molecule has 3 fully saturated rings. The Morgan fingerprint density at radius 3 is 2.61 bits per heavy atom. The van der Waals surface area contributed by atoms with Gasteiger partial charge in [-0.1, -0.05) is 26.0 Å². The fraction of sp³-hybridized carbons (Fsp3) is 0.750. The largest absolute Gasteiger partial charge is 0.458 e. The van der Waals surface area contributed by atoms with Crippen LogP contribution in [0.4, 0.5) is 0 Å². The molecule has 0 aromatic carbocycles. The number of carbonyl (C=O) groups is 2. The summed E-state index contributed by atoms with van der Waals surface area (Å²) in [6.45, 7) is 6.32. The second-order valence-electron chi connectivity index (χ2n) is 10.3. The van der Waals surface area contributed by atoms with Crippen molar-refractivity contribution in [2.75, 3.05) is 0 Å². The highest BCUT2D eigenvalue weighted by atomic mass is 16.6.